The standard InChI is InChI=1S/C14H14BrClN2/c1-8-5-10(15)7-11(6-8)18-14-9(2)12(16)3-4-13(14)17/h3-7,18H,17H2,1-2H3. The van der Waals surface area contributed by atoms with Gasteiger partial charge in [-0.05, 0) is 55.3 Å². The quantitative estimate of drug-likeness (QED) is 0.759. The molecule has 0 aliphatic rings. The lowest BCUT2D eigenvalue weighted by Crippen LogP contribution is -1.99. The number of aryl methyl sites for hydroxylation is 1. The van der Waals surface area contributed by atoms with Crippen molar-refractivity contribution in [2.75, 3.05) is 11.1 Å². The minimum atomic E-state index is 0.689. The highest BCUT2D eigenvalue weighted by Crippen LogP contribution is 2.32. The van der Waals surface area contributed by atoms with Crippen molar-refractivity contribution in [1.82, 2.24) is 0 Å². The smallest absolute Gasteiger partial charge is 0.0662 e. The van der Waals surface area contributed by atoms with Crippen molar-refractivity contribution in [3.8, 4) is 0 Å². The molecule has 0 amide bonds. The normalized spacial score (nSPS) is 10.4. The largest absolute Gasteiger partial charge is 0.397 e. The van der Waals surface area contributed by atoms with Crippen LogP contribution in [0.1, 0.15) is 11.1 Å². The summed E-state index contributed by atoms with van der Waals surface area (Å²) in [4.78, 5) is 0. The first-order valence-electron chi connectivity index (χ1n) is 5.56. The topological polar surface area (TPSA) is 38.0 Å². The number of anilines is 3. The first-order chi connectivity index (χ1) is 8.47. The van der Waals surface area contributed by atoms with Crippen LogP contribution >= 0.6 is 27.5 Å². The highest BCUT2D eigenvalue weighted by atomic mass is 79.9. The Labute approximate surface area is 120 Å². The molecule has 0 aliphatic carbocycles. The molecule has 0 fully saturated rings. The lowest BCUT2D eigenvalue weighted by Gasteiger charge is -2.14. The van der Waals surface area contributed by atoms with Crippen molar-refractivity contribution < 1.29 is 0 Å². The van der Waals surface area contributed by atoms with Crippen molar-refractivity contribution >= 4 is 44.6 Å². The van der Waals surface area contributed by atoms with Crippen molar-refractivity contribution in [2.45, 2.75) is 13.8 Å². The lowest BCUT2D eigenvalue weighted by atomic mass is 10.1. The number of rotatable bonds is 2. The maximum absolute atomic E-state index is 6.11. The SMILES string of the molecule is Cc1cc(Br)cc(Nc2c(N)ccc(Cl)c2C)c1. The molecular formula is C14H14BrClN2. The minimum absolute atomic E-state index is 0.689. The van der Waals surface area contributed by atoms with Gasteiger partial charge in [-0.3, -0.25) is 0 Å². The highest BCUT2D eigenvalue weighted by Gasteiger charge is 2.07. The van der Waals surface area contributed by atoms with Crippen molar-refractivity contribution in [1.29, 1.82) is 0 Å². The van der Waals surface area contributed by atoms with Crippen LogP contribution in [0.5, 0.6) is 0 Å². The summed E-state index contributed by atoms with van der Waals surface area (Å²) in [5.41, 5.74) is 10.6. The van der Waals surface area contributed by atoms with E-state index in [4.69, 9.17) is 17.3 Å². The summed E-state index contributed by atoms with van der Waals surface area (Å²) in [5.74, 6) is 0. The molecule has 2 aromatic carbocycles. The molecule has 3 N–H and O–H groups in total. The molecular weight excluding hydrogens is 312 g/mol. The van der Waals surface area contributed by atoms with Gasteiger partial charge in [-0.1, -0.05) is 27.5 Å². The van der Waals surface area contributed by atoms with E-state index in [1.807, 2.05) is 32.0 Å². The zero-order valence-electron chi connectivity index (χ0n) is 10.2. The number of nitrogens with one attached hydrogen (secondary N) is 1. The lowest BCUT2D eigenvalue weighted by molar-refractivity contribution is 1.40. The van der Waals surface area contributed by atoms with Gasteiger partial charge in [0.1, 0.15) is 0 Å². The number of halogens is 2. The van der Waals surface area contributed by atoms with Crippen LogP contribution in [0, 0.1) is 13.8 Å². The van der Waals surface area contributed by atoms with Crippen LogP contribution in [0.4, 0.5) is 17.1 Å². The van der Waals surface area contributed by atoms with E-state index in [-0.39, 0.29) is 0 Å². The molecule has 0 saturated heterocycles. The fourth-order valence-electron chi connectivity index (χ4n) is 1.83. The van der Waals surface area contributed by atoms with Gasteiger partial charge in [-0.25, -0.2) is 0 Å². The van der Waals surface area contributed by atoms with Crippen LogP contribution < -0.4 is 11.1 Å². The van der Waals surface area contributed by atoms with E-state index in [9.17, 15) is 0 Å². The van der Waals surface area contributed by atoms with E-state index >= 15 is 0 Å². The maximum Gasteiger partial charge on any atom is 0.0662 e. The molecule has 0 spiro atoms. The number of hydrogen-bond acceptors (Lipinski definition) is 2. The van der Waals surface area contributed by atoms with E-state index in [1.54, 1.807) is 0 Å². The van der Waals surface area contributed by atoms with Crippen LogP contribution in [-0.2, 0) is 0 Å². The fraction of sp³-hybridized carbons (Fsp3) is 0.143. The summed E-state index contributed by atoms with van der Waals surface area (Å²) in [6.07, 6.45) is 0. The summed E-state index contributed by atoms with van der Waals surface area (Å²) < 4.78 is 1.03. The minimum Gasteiger partial charge on any atom is -0.397 e. The van der Waals surface area contributed by atoms with Crippen LogP contribution in [0.3, 0.4) is 0 Å². The van der Waals surface area contributed by atoms with Crippen molar-refractivity contribution in [3.63, 3.8) is 0 Å². The Bertz CT molecular complexity index is 576. The summed E-state index contributed by atoms with van der Waals surface area (Å²) in [7, 11) is 0. The summed E-state index contributed by atoms with van der Waals surface area (Å²) >= 11 is 9.59. The third-order valence-electron chi connectivity index (χ3n) is 2.74. The van der Waals surface area contributed by atoms with Gasteiger partial charge in [0.15, 0.2) is 0 Å². The molecule has 0 radical (unpaired) electrons. The van der Waals surface area contributed by atoms with E-state index in [0.717, 1.165) is 21.4 Å². The van der Waals surface area contributed by atoms with E-state index in [1.165, 1.54) is 5.56 Å². The fourth-order valence-corrected chi connectivity index (χ4v) is 2.59. The molecule has 2 rings (SSSR count). The Morgan fingerprint density at radius 1 is 1.17 bits per heavy atom. The Balaban J connectivity index is 2.42. The average Bonchev–Trinajstić information content (AvgIpc) is 2.28. The predicted octanol–water partition coefficient (Wildman–Crippen LogP) is 5.05. The van der Waals surface area contributed by atoms with Crippen molar-refractivity contribution in [3.05, 3.63) is 51.0 Å². The summed E-state index contributed by atoms with van der Waals surface area (Å²) in [6, 6.07) is 9.74. The molecule has 0 bridgehead atoms. The molecule has 4 heteroatoms. The molecule has 2 nitrogen and oxygen atoms in total. The first-order valence-corrected chi connectivity index (χ1v) is 6.73. The highest BCUT2D eigenvalue weighted by molar-refractivity contribution is 9.10. The Morgan fingerprint density at radius 3 is 2.56 bits per heavy atom. The van der Waals surface area contributed by atoms with Crippen LogP contribution in [-0.4, -0.2) is 0 Å². The number of benzene rings is 2. The van der Waals surface area contributed by atoms with E-state index < -0.39 is 0 Å². The first kappa shape index (κ1) is 13.2. The van der Waals surface area contributed by atoms with E-state index in [0.29, 0.717) is 10.7 Å². The third-order valence-corrected chi connectivity index (χ3v) is 3.61. The molecule has 0 heterocycles. The molecule has 0 saturated carbocycles. The molecule has 94 valence electrons. The summed E-state index contributed by atoms with van der Waals surface area (Å²) in [6.45, 7) is 4.00. The number of nitrogen functional groups attached to an aromatic ring is 1. The predicted molar refractivity (Wildman–Crippen MR) is 82.8 cm³/mol. The second-order valence-corrected chi connectivity index (χ2v) is 5.60. The second-order valence-electron chi connectivity index (χ2n) is 4.28. The molecule has 2 aromatic rings. The Morgan fingerprint density at radius 2 is 1.89 bits per heavy atom. The van der Waals surface area contributed by atoms with Gasteiger partial charge in [-0.15, -0.1) is 0 Å². The van der Waals surface area contributed by atoms with Gasteiger partial charge in [0, 0.05) is 15.2 Å². The Kier molecular flexibility index (Phi) is 3.83. The third kappa shape index (κ3) is 2.79. The Hall–Kier alpha value is -1.19. The number of nitrogens with two attached hydrogens (primary N) is 1. The van der Waals surface area contributed by atoms with Gasteiger partial charge >= 0.3 is 0 Å². The molecule has 0 aromatic heterocycles. The zero-order chi connectivity index (χ0) is 13.3. The summed E-state index contributed by atoms with van der Waals surface area (Å²) in [5, 5.41) is 4.03. The molecule has 18 heavy (non-hydrogen) atoms. The monoisotopic (exact) mass is 324 g/mol. The van der Waals surface area contributed by atoms with Gasteiger partial charge in [0.25, 0.3) is 0 Å². The number of hydrogen-bond donors (Lipinski definition) is 2. The van der Waals surface area contributed by atoms with Gasteiger partial charge in [-0.2, -0.15) is 0 Å². The van der Waals surface area contributed by atoms with Crippen LogP contribution in [0.15, 0.2) is 34.8 Å². The molecule has 0 unspecified atom stereocenters. The van der Waals surface area contributed by atoms with Crippen LogP contribution in [0.2, 0.25) is 5.02 Å². The maximum atomic E-state index is 6.11. The van der Waals surface area contributed by atoms with Crippen molar-refractivity contribution in [2.24, 2.45) is 0 Å². The zero-order valence-corrected chi connectivity index (χ0v) is 12.6. The molecule has 0 aliphatic heterocycles. The van der Waals surface area contributed by atoms with Gasteiger partial charge in [0.2, 0.25) is 0 Å². The second kappa shape index (κ2) is 5.21. The van der Waals surface area contributed by atoms with E-state index in [2.05, 4.69) is 33.4 Å². The van der Waals surface area contributed by atoms with Crippen LogP contribution in [0.25, 0.3) is 0 Å². The molecule has 0 atom stereocenters. The van der Waals surface area contributed by atoms with Gasteiger partial charge < -0.3 is 11.1 Å². The van der Waals surface area contributed by atoms with Gasteiger partial charge in [0.05, 0.1) is 11.4 Å². The average molecular weight is 326 g/mol.